The van der Waals surface area contributed by atoms with E-state index in [0.717, 1.165) is 32.4 Å². The van der Waals surface area contributed by atoms with Gasteiger partial charge in [0.05, 0.1) is 0 Å². The second-order valence-corrected chi connectivity index (χ2v) is 6.12. The molecule has 0 aliphatic carbocycles. The fourth-order valence-corrected chi connectivity index (χ4v) is 2.98. The Balaban J connectivity index is 2.06. The summed E-state index contributed by atoms with van der Waals surface area (Å²) in [6.07, 6.45) is 4.03. The van der Waals surface area contributed by atoms with E-state index < -0.39 is 0 Å². The quantitative estimate of drug-likeness (QED) is 0.828. The SMILES string of the molecule is CC(=O)CC(C)Cc1ccc2c(c1)CCN(C)CC2. The van der Waals surface area contributed by atoms with Crippen molar-refractivity contribution < 1.29 is 4.79 Å². The maximum absolute atomic E-state index is 11.2. The fraction of sp³-hybridized carbons (Fsp3) is 0.588. The molecule has 1 atom stereocenters. The molecular formula is C17H25NO. The van der Waals surface area contributed by atoms with Gasteiger partial charge in [-0.2, -0.15) is 0 Å². The zero-order chi connectivity index (χ0) is 13.8. The molecule has 0 saturated heterocycles. The molecule has 0 aromatic heterocycles. The van der Waals surface area contributed by atoms with E-state index in [4.69, 9.17) is 0 Å². The van der Waals surface area contributed by atoms with Crippen LogP contribution in [0.3, 0.4) is 0 Å². The molecule has 104 valence electrons. The van der Waals surface area contributed by atoms with Crippen molar-refractivity contribution in [2.75, 3.05) is 20.1 Å². The second kappa shape index (κ2) is 6.33. The molecule has 1 aliphatic heterocycles. The number of nitrogens with zero attached hydrogens (tertiary/aromatic N) is 1. The van der Waals surface area contributed by atoms with E-state index in [9.17, 15) is 4.79 Å². The first kappa shape index (κ1) is 14.3. The van der Waals surface area contributed by atoms with E-state index in [-0.39, 0.29) is 0 Å². The Morgan fingerprint density at radius 2 is 1.95 bits per heavy atom. The lowest BCUT2D eigenvalue weighted by molar-refractivity contribution is -0.117. The number of fused-ring (bicyclic) bond motifs is 1. The third kappa shape index (κ3) is 4.17. The molecule has 0 radical (unpaired) electrons. The van der Waals surface area contributed by atoms with Crippen molar-refractivity contribution in [3.05, 3.63) is 34.9 Å². The molecule has 2 rings (SSSR count). The highest BCUT2D eigenvalue weighted by atomic mass is 16.1. The summed E-state index contributed by atoms with van der Waals surface area (Å²) in [6, 6.07) is 6.91. The van der Waals surface area contributed by atoms with Gasteiger partial charge in [0.1, 0.15) is 5.78 Å². The third-order valence-electron chi connectivity index (χ3n) is 4.02. The Bertz CT molecular complexity index is 453. The maximum Gasteiger partial charge on any atom is 0.130 e. The van der Waals surface area contributed by atoms with Gasteiger partial charge in [-0.3, -0.25) is 0 Å². The largest absolute Gasteiger partial charge is 0.306 e. The van der Waals surface area contributed by atoms with Crippen molar-refractivity contribution in [3.8, 4) is 0 Å². The molecule has 1 aromatic carbocycles. The van der Waals surface area contributed by atoms with Gasteiger partial charge in [0, 0.05) is 19.5 Å². The van der Waals surface area contributed by atoms with Crippen LogP contribution in [0.15, 0.2) is 18.2 Å². The summed E-state index contributed by atoms with van der Waals surface area (Å²) in [5.41, 5.74) is 4.40. The summed E-state index contributed by atoms with van der Waals surface area (Å²) in [4.78, 5) is 13.6. The molecule has 19 heavy (non-hydrogen) atoms. The molecule has 1 aromatic rings. The molecule has 0 spiro atoms. The van der Waals surface area contributed by atoms with Gasteiger partial charge in [-0.05, 0) is 55.8 Å². The highest BCUT2D eigenvalue weighted by molar-refractivity contribution is 5.75. The Morgan fingerprint density at radius 1 is 1.26 bits per heavy atom. The van der Waals surface area contributed by atoms with Gasteiger partial charge in [-0.15, -0.1) is 0 Å². The van der Waals surface area contributed by atoms with Crippen LogP contribution in [-0.4, -0.2) is 30.8 Å². The second-order valence-electron chi connectivity index (χ2n) is 6.12. The number of likely N-dealkylation sites (N-methyl/N-ethyl adjacent to an activating group) is 1. The lowest BCUT2D eigenvalue weighted by atomic mass is 9.93. The van der Waals surface area contributed by atoms with Crippen molar-refractivity contribution in [1.82, 2.24) is 4.90 Å². The van der Waals surface area contributed by atoms with Crippen LogP contribution >= 0.6 is 0 Å². The molecule has 1 aliphatic rings. The normalized spacial score (nSPS) is 17.6. The topological polar surface area (TPSA) is 20.3 Å². The Kier molecular flexibility index (Phi) is 4.76. The van der Waals surface area contributed by atoms with Gasteiger partial charge in [-0.25, -0.2) is 0 Å². The van der Waals surface area contributed by atoms with Crippen LogP contribution in [0.5, 0.6) is 0 Å². The van der Waals surface area contributed by atoms with E-state index in [0.29, 0.717) is 18.1 Å². The number of carbonyl (C=O) groups excluding carboxylic acids is 1. The first-order chi connectivity index (χ1) is 9.04. The summed E-state index contributed by atoms with van der Waals surface area (Å²) in [5, 5.41) is 0. The standard InChI is InChI=1S/C17H25NO/c1-13(10-14(2)19)11-15-4-5-16-6-8-18(3)9-7-17(16)12-15/h4-5,12-13H,6-11H2,1-3H3. The van der Waals surface area contributed by atoms with Crippen LogP contribution < -0.4 is 0 Å². The fourth-order valence-electron chi connectivity index (χ4n) is 2.98. The summed E-state index contributed by atoms with van der Waals surface area (Å²) >= 11 is 0. The number of benzene rings is 1. The third-order valence-corrected chi connectivity index (χ3v) is 4.02. The lowest BCUT2D eigenvalue weighted by Gasteiger charge is -2.12. The van der Waals surface area contributed by atoms with Gasteiger partial charge >= 0.3 is 0 Å². The molecule has 1 heterocycles. The summed E-state index contributed by atoms with van der Waals surface area (Å²) in [7, 11) is 2.20. The minimum atomic E-state index is 0.295. The number of hydrogen-bond acceptors (Lipinski definition) is 2. The number of Topliss-reactive ketones (excluding diaryl/α,β-unsaturated/α-hetero) is 1. The van der Waals surface area contributed by atoms with Gasteiger partial charge in [-0.1, -0.05) is 25.1 Å². The molecule has 1 unspecified atom stereocenters. The number of ketones is 1. The average Bonchev–Trinajstić information content (AvgIpc) is 2.51. The van der Waals surface area contributed by atoms with Crippen molar-refractivity contribution in [2.45, 2.75) is 39.5 Å². The monoisotopic (exact) mass is 259 g/mol. The van der Waals surface area contributed by atoms with Crippen LogP contribution in [0.2, 0.25) is 0 Å². The smallest absolute Gasteiger partial charge is 0.130 e. The highest BCUT2D eigenvalue weighted by Crippen LogP contribution is 2.20. The van der Waals surface area contributed by atoms with E-state index in [1.165, 1.54) is 16.7 Å². The van der Waals surface area contributed by atoms with E-state index in [1.54, 1.807) is 6.92 Å². The highest BCUT2D eigenvalue weighted by Gasteiger charge is 2.13. The molecule has 2 nitrogen and oxygen atoms in total. The van der Waals surface area contributed by atoms with E-state index >= 15 is 0 Å². The molecular weight excluding hydrogens is 234 g/mol. The van der Waals surface area contributed by atoms with Crippen molar-refractivity contribution in [1.29, 1.82) is 0 Å². The van der Waals surface area contributed by atoms with Crippen molar-refractivity contribution >= 4 is 5.78 Å². The summed E-state index contributed by atoms with van der Waals surface area (Å²) in [6.45, 7) is 6.16. The zero-order valence-corrected chi connectivity index (χ0v) is 12.4. The maximum atomic E-state index is 11.2. The van der Waals surface area contributed by atoms with Crippen LogP contribution in [0, 0.1) is 5.92 Å². The average molecular weight is 259 g/mol. The Labute approximate surface area is 116 Å². The minimum Gasteiger partial charge on any atom is -0.306 e. The van der Waals surface area contributed by atoms with Gasteiger partial charge in [0.25, 0.3) is 0 Å². The van der Waals surface area contributed by atoms with E-state index in [1.807, 2.05) is 0 Å². The number of rotatable bonds is 4. The summed E-state index contributed by atoms with van der Waals surface area (Å²) in [5.74, 6) is 0.743. The molecule has 0 bridgehead atoms. The van der Waals surface area contributed by atoms with E-state index in [2.05, 4.69) is 37.1 Å². The minimum absolute atomic E-state index is 0.295. The predicted octanol–water partition coefficient (Wildman–Crippen LogP) is 2.87. The molecule has 0 saturated carbocycles. The lowest BCUT2D eigenvalue weighted by Crippen LogP contribution is -2.20. The molecule has 0 amide bonds. The zero-order valence-electron chi connectivity index (χ0n) is 12.4. The molecule has 2 heteroatoms. The van der Waals surface area contributed by atoms with Crippen LogP contribution in [0.1, 0.15) is 37.0 Å². The number of hydrogen-bond donors (Lipinski definition) is 0. The van der Waals surface area contributed by atoms with Crippen LogP contribution in [0.25, 0.3) is 0 Å². The Hall–Kier alpha value is -1.15. The van der Waals surface area contributed by atoms with Crippen LogP contribution in [0.4, 0.5) is 0 Å². The Morgan fingerprint density at radius 3 is 2.63 bits per heavy atom. The first-order valence-corrected chi connectivity index (χ1v) is 7.33. The molecule has 0 fully saturated rings. The van der Waals surface area contributed by atoms with Gasteiger partial charge in [0.15, 0.2) is 0 Å². The number of carbonyl (C=O) groups is 1. The van der Waals surface area contributed by atoms with Gasteiger partial charge < -0.3 is 9.69 Å². The molecule has 0 N–H and O–H groups in total. The van der Waals surface area contributed by atoms with Gasteiger partial charge in [0.2, 0.25) is 0 Å². The van der Waals surface area contributed by atoms with Crippen molar-refractivity contribution in [3.63, 3.8) is 0 Å². The van der Waals surface area contributed by atoms with Crippen molar-refractivity contribution in [2.24, 2.45) is 5.92 Å². The predicted molar refractivity (Wildman–Crippen MR) is 79.5 cm³/mol. The first-order valence-electron chi connectivity index (χ1n) is 7.33. The summed E-state index contributed by atoms with van der Waals surface area (Å²) < 4.78 is 0. The van der Waals surface area contributed by atoms with Crippen LogP contribution in [-0.2, 0) is 24.1 Å².